The predicted molar refractivity (Wildman–Crippen MR) is 75.0 cm³/mol. The van der Waals surface area contributed by atoms with Gasteiger partial charge in [0.2, 0.25) is 0 Å². The fourth-order valence-electron chi connectivity index (χ4n) is 1.73. The van der Waals surface area contributed by atoms with Crippen molar-refractivity contribution in [3.63, 3.8) is 0 Å². The van der Waals surface area contributed by atoms with Gasteiger partial charge in [0, 0.05) is 12.6 Å². The van der Waals surface area contributed by atoms with Crippen molar-refractivity contribution in [3.05, 3.63) is 29.8 Å². The molecule has 0 fully saturated rings. The second kappa shape index (κ2) is 8.95. The van der Waals surface area contributed by atoms with E-state index in [4.69, 9.17) is 9.47 Å². The normalized spacial score (nSPS) is 12.4. The van der Waals surface area contributed by atoms with Crippen LogP contribution in [0.3, 0.4) is 0 Å². The van der Waals surface area contributed by atoms with Crippen LogP contribution in [0.1, 0.15) is 32.8 Å². The van der Waals surface area contributed by atoms with E-state index in [2.05, 4.69) is 31.3 Å². The van der Waals surface area contributed by atoms with Gasteiger partial charge >= 0.3 is 0 Å². The van der Waals surface area contributed by atoms with Crippen molar-refractivity contribution in [2.75, 3.05) is 19.9 Å². The molecule has 1 rings (SSSR count). The summed E-state index contributed by atoms with van der Waals surface area (Å²) in [6, 6.07) is 8.75. The minimum Gasteiger partial charge on any atom is -0.468 e. The molecule has 0 spiro atoms. The van der Waals surface area contributed by atoms with Crippen LogP contribution in [0.4, 0.5) is 0 Å². The van der Waals surface area contributed by atoms with E-state index in [1.807, 2.05) is 19.1 Å². The topological polar surface area (TPSA) is 30.5 Å². The molecule has 0 aliphatic rings. The highest BCUT2D eigenvalue weighted by molar-refractivity contribution is 5.27. The number of benzene rings is 1. The van der Waals surface area contributed by atoms with Crippen LogP contribution < -0.4 is 10.1 Å². The van der Waals surface area contributed by atoms with E-state index < -0.39 is 0 Å². The van der Waals surface area contributed by atoms with Crippen molar-refractivity contribution in [1.29, 1.82) is 0 Å². The molecule has 0 aliphatic carbocycles. The molecule has 3 nitrogen and oxygen atoms in total. The van der Waals surface area contributed by atoms with Gasteiger partial charge in [-0.1, -0.05) is 19.1 Å². The van der Waals surface area contributed by atoms with Crippen molar-refractivity contribution < 1.29 is 9.47 Å². The molecule has 0 aliphatic heterocycles. The second-order valence-corrected chi connectivity index (χ2v) is 4.46. The van der Waals surface area contributed by atoms with Gasteiger partial charge in [-0.15, -0.1) is 0 Å². The molecule has 102 valence electrons. The number of nitrogens with one attached hydrogen (secondary N) is 1. The first-order chi connectivity index (χ1) is 8.76. The lowest BCUT2D eigenvalue weighted by Crippen LogP contribution is -2.28. The van der Waals surface area contributed by atoms with Crippen molar-refractivity contribution in [1.82, 2.24) is 5.32 Å². The van der Waals surface area contributed by atoms with Crippen LogP contribution in [0.15, 0.2) is 24.3 Å². The monoisotopic (exact) mass is 251 g/mol. The zero-order chi connectivity index (χ0) is 13.2. The average molecular weight is 251 g/mol. The zero-order valence-electron chi connectivity index (χ0n) is 11.7. The van der Waals surface area contributed by atoms with E-state index in [-0.39, 0.29) is 0 Å². The summed E-state index contributed by atoms with van der Waals surface area (Å²) in [6.07, 6.45) is 2.22. The fourth-order valence-corrected chi connectivity index (χ4v) is 1.73. The molecular weight excluding hydrogens is 226 g/mol. The smallest absolute Gasteiger partial charge is 0.189 e. The van der Waals surface area contributed by atoms with E-state index in [1.54, 1.807) is 0 Å². The Morgan fingerprint density at radius 1 is 1.17 bits per heavy atom. The molecule has 18 heavy (non-hydrogen) atoms. The van der Waals surface area contributed by atoms with Crippen molar-refractivity contribution in [2.45, 2.75) is 39.7 Å². The largest absolute Gasteiger partial charge is 0.468 e. The molecule has 0 saturated heterocycles. The molecule has 1 unspecified atom stereocenters. The van der Waals surface area contributed by atoms with Gasteiger partial charge in [0.15, 0.2) is 6.79 Å². The average Bonchev–Trinajstić information content (AvgIpc) is 2.39. The third-order valence-corrected chi connectivity index (χ3v) is 2.72. The molecule has 1 N–H and O–H groups in total. The molecular formula is C15H25NO2. The lowest BCUT2D eigenvalue weighted by Gasteiger charge is -2.13. The molecule has 0 amide bonds. The third-order valence-electron chi connectivity index (χ3n) is 2.72. The maximum Gasteiger partial charge on any atom is 0.189 e. The van der Waals surface area contributed by atoms with E-state index in [0.29, 0.717) is 19.4 Å². The Labute approximate surface area is 110 Å². The minimum absolute atomic E-state index is 0.324. The summed E-state index contributed by atoms with van der Waals surface area (Å²) in [5.41, 5.74) is 1.33. The first-order valence-corrected chi connectivity index (χ1v) is 6.79. The van der Waals surface area contributed by atoms with Crippen LogP contribution in [0.25, 0.3) is 0 Å². The van der Waals surface area contributed by atoms with E-state index >= 15 is 0 Å². The molecule has 0 heterocycles. The van der Waals surface area contributed by atoms with Gasteiger partial charge in [0.25, 0.3) is 0 Å². The summed E-state index contributed by atoms with van der Waals surface area (Å²) in [7, 11) is 0. The Balaban J connectivity index is 2.35. The summed E-state index contributed by atoms with van der Waals surface area (Å²) >= 11 is 0. The van der Waals surface area contributed by atoms with Gasteiger partial charge in [-0.05, 0) is 50.9 Å². The van der Waals surface area contributed by atoms with Gasteiger partial charge in [-0.25, -0.2) is 0 Å². The lowest BCUT2D eigenvalue weighted by molar-refractivity contribution is 0.0224. The van der Waals surface area contributed by atoms with E-state index in [0.717, 1.165) is 18.7 Å². The number of rotatable bonds is 9. The quantitative estimate of drug-likeness (QED) is 0.540. The van der Waals surface area contributed by atoms with Crippen LogP contribution in [-0.2, 0) is 11.2 Å². The highest BCUT2D eigenvalue weighted by Crippen LogP contribution is 2.13. The molecule has 3 heteroatoms. The standard InChI is InChI=1S/C15H25NO2/c1-4-10-16-13(3)11-14-6-8-15(9-7-14)18-12-17-5-2/h6-9,13,16H,4-5,10-12H2,1-3H3. The first kappa shape index (κ1) is 15.0. The summed E-state index contributed by atoms with van der Waals surface area (Å²) in [6.45, 7) is 8.44. The van der Waals surface area contributed by atoms with Crippen LogP contribution in [0.5, 0.6) is 5.75 Å². The first-order valence-electron chi connectivity index (χ1n) is 6.79. The molecule has 0 saturated carbocycles. The minimum atomic E-state index is 0.324. The van der Waals surface area contributed by atoms with Crippen LogP contribution in [-0.4, -0.2) is 26.0 Å². The molecule has 0 bridgehead atoms. The molecule has 0 aromatic heterocycles. The van der Waals surface area contributed by atoms with Crippen LogP contribution in [0, 0.1) is 0 Å². The number of hydrogen-bond donors (Lipinski definition) is 1. The Morgan fingerprint density at radius 2 is 1.89 bits per heavy atom. The Kier molecular flexibility index (Phi) is 7.46. The SMILES string of the molecule is CCCNC(C)Cc1ccc(OCOCC)cc1. The summed E-state index contributed by atoms with van der Waals surface area (Å²) < 4.78 is 10.6. The maximum atomic E-state index is 5.43. The van der Waals surface area contributed by atoms with Crippen molar-refractivity contribution in [3.8, 4) is 5.75 Å². The summed E-state index contributed by atoms with van der Waals surface area (Å²) in [4.78, 5) is 0. The molecule has 1 aromatic rings. The van der Waals surface area contributed by atoms with E-state index in [9.17, 15) is 0 Å². The Morgan fingerprint density at radius 3 is 2.50 bits per heavy atom. The third kappa shape index (κ3) is 6.03. The van der Waals surface area contributed by atoms with Gasteiger partial charge in [-0.3, -0.25) is 0 Å². The fraction of sp³-hybridized carbons (Fsp3) is 0.600. The van der Waals surface area contributed by atoms with Gasteiger partial charge in [0.1, 0.15) is 5.75 Å². The molecule has 0 radical (unpaired) electrons. The van der Waals surface area contributed by atoms with Gasteiger partial charge in [-0.2, -0.15) is 0 Å². The lowest BCUT2D eigenvalue weighted by atomic mass is 10.1. The summed E-state index contributed by atoms with van der Waals surface area (Å²) in [5, 5.41) is 3.49. The Bertz CT molecular complexity index is 311. The summed E-state index contributed by atoms with van der Waals surface area (Å²) in [5.74, 6) is 0.862. The highest BCUT2D eigenvalue weighted by atomic mass is 16.7. The van der Waals surface area contributed by atoms with Gasteiger partial charge < -0.3 is 14.8 Å². The van der Waals surface area contributed by atoms with Crippen molar-refractivity contribution in [2.24, 2.45) is 0 Å². The molecule has 1 aromatic carbocycles. The second-order valence-electron chi connectivity index (χ2n) is 4.46. The zero-order valence-corrected chi connectivity index (χ0v) is 11.7. The maximum absolute atomic E-state index is 5.43. The van der Waals surface area contributed by atoms with Crippen molar-refractivity contribution >= 4 is 0 Å². The number of ether oxygens (including phenoxy) is 2. The van der Waals surface area contributed by atoms with Crippen LogP contribution in [0.2, 0.25) is 0 Å². The van der Waals surface area contributed by atoms with E-state index in [1.165, 1.54) is 12.0 Å². The predicted octanol–water partition coefficient (Wildman–Crippen LogP) is 2.99. The van der Waals surface area contributed by atoms with Gasteiger partial charge in [0.05, 0.1) is 0 Å². The Hall–Kier alpha value is -1.06. The highest BCUT2D eigenvalue weighted by Gasteiger charge is 2.02. The van der Waals surface area contributed by atoms with Crippen LogP contribution >= 0.6 is 0 Å². The molecule has 1 atom stereocenters. The number of hydrogen-bond acceptors (Lipinski definition) is 3.